The van der Waals surface area contributed by atoms with Gasteiger partial charge in [-0.15, -0.1) is 24.2 Å². The number of likely N-dealkylation sites (tertiary alicyclic amines) is 1. The van der Waals surface area contributed by atoms with Crippen molar-refractivity contribution in [3.8, 4) is 0 Å². The van der Waals surface area contributed by atoms with Gasteiger partial charge in [0.25, 0.3) is 0 Å². The van der Waals surface area contributed by atoms with E-state index >= 15 is 0 Å². The summed E-state index contributed by atoms with van der Waals surface area (Å²) in [6.07, 6.45) is 3.34. The number of halogens is 1. The Kier molecular flexibility index (Phi) is 5.99. The van der Waals surface area contributed by atoms with E-state index in [0.717, 1.165) is 19.6 Å². The number of hydrogen-bond donors (Lipinski definition) is 1. The quantitative estimate of drug-likeness (QED) is 0.863. The lowest BCUT2D eigenvalue weighted by Crippen LogP contribution is -2.31. The van der Waals surface area contributed by atoms with Gasteiger partial charge in [-0.1, -0.05) is 19.1 Å². The summed E-state index contributed by atoms with van der Waals surface area (Å²) in [5.74, 6) is 0. The highest BCUT2D eigenvalue weighted by atomic mass is 35.5. The van der Waals surface area contributed by atoms with Crippen LogP contribution in [-0.2, 0) is 6.54 Å². The molecule has 18 heavy (non-hydrogen) atoms. The molecule has 1 aromatic carbocycles. The van der Waals surface area contributed by atoms with Gasteiger partial charge < -0.3 is 5.73 Å². The van der Waals surface area contributed by atoms with Crippen LogP contribution >= 0.6 is 24.2 Å². The van der Waals surface area contributed by atoms with Crippen molar-refractivity contribution in [1.82, 2.24) is 4.90 Å². The van der Waals surface area contributed by atoms with Gasteiger partial charge in [0.15, 0.2) is 0 Å². The van der Waals surface area contributed by atoms with Crippen molar-refractivity contribution in [3.63, 3.8) is 0 Å². The summed E-state index contributed by atoms with van der Waals surface area (Å²) in [7, 11) is 0. The van der Waals surface area contributed by atoms with Crippen LogP contribution in [0.3, 0.4) is 0 Å². The molecular formula is C14H23ClN2S. The van der Waals surface area contributed by atoms with Crippen LogP contribution in [0.15, 0.2) is 29.2 Å². The first-order valence-corrected chi connectivity index (χ1v) is 7.43. The molecule has 102 valence electrons. The highest BCUT2D eigenvalue weighted by molar-refractivity contribution is 7.98. The number of thioether (sulfide) groups is 1. The van der Waals surface area contributed by atoms with Crippen LogP contribution in [-0.4, -0.2) is 30.8 Å². The van der Waals surface area contributed by atoms with Crippen LogP contribution in [0.1, 0.15) is 18.9 Å². The third kappa shape index (κ3) is 3.89. The highest BCUT2D eigenvalue weighted by Crippen LogP contribution is 2.29. The average molecular weight is 287 g/mol. The largest absolute Gasteiger partial charge is 0.330 e. The minimum absolute atomic E-state index is 0. The summed E-state index contributed by atoms with van der Waals surface area (Å²) in [6, 6.07) is 8.89. The summed E-state index contributed by atoms with van der Waals surface area (Å²) >= 11 is 1.79. The zero-order chi connectivity index (χ0) is 12.3. The van der Waals surface area contributed by atoms with Crippen molar-refractivity contribution in [3.05, 3.63) is 29.8 Å². The van der Waals surface area contributed by atoms with Crippen LogP contribution in [0.25, 0.3) is 0 Å². The number of rotatable bonds is 4. The molecule has 2 nitrogen and oxygen atoms in total. The third-order valence-corrected chi connectivity index (χ3v) is 4.44. The smallest absolute Gasteiger partial charge is 0.0233 e. The molecule has 1 saturated heterocycles. The molecule has 1 atom stereocenters. The molecule has 1 unspecified atom stereocenters. The second-order valence-electron chi connectivity index (χ2n) is 5.32. The first kappa shape index (κ1) is 15.8. The molecule has 0 spiro atoms. The molecule has 1 heterocycles. The maximum absolute atomic E-state index is 5.83. The summed E-state index contributed by atoms with van der Waals surface area (Å²) in [5.41, 5.74) is 7.57. The highest BCUT2D eigenvalue weighted by Gasteiger charge is 2.32. The summed E-state index contributed by atoms with van der Waals surface area (Å²) in [6.45, 7) is 6.47. The van der Waals surface area contributed by atoms with Crippen molar-refractivity contribution in [2.45, 2.75) is 24.8 Å². The standard InChI is InChI=1S/C14H22N2S.ClH/c1-14(10-15)7-8-16(11-14)9-12-3-5-13(17-2)6-4-12;/h3-6H,7-11,15H2,1-2H3;1H. The third-order valence-electron chi connectivity index (χ3n) is 3.69. The number of nitrogens with two attached hydrogens (primary N) is 1. The minimum atomic E-state index is 0. The zero-order valence-corrected chi connectivity index (χ0v) is 12.8. The predicted octanol–water partition coefficient (Wildman–Crippen LogP) is 3.00. The van der Waals surface area contributed by atoms with E-state index in [1.165, 1.54) is 23.4 Å². The monoisotopic (exact) mass is 286 g/mol. The second-order valence-corrected chi connectivity index (χ2v) is 6.20. The summed E-state index contributed by atoms with van der Waals surface area (Å²) < 4.78 is 0. The van der Waals surface area contributed by atoms with E-state index in [1.54, 1.807) is 11.8 Å². The van der Waals surface area contributed by atoms with E-state index in [0.29, 0.717) is 5.41 Å². The first-order valence-electron chi connectivity index (χ1n) is 6.20. The van der Waals surface area contributed by atoms with Gasteiger partial charge in [0, 0.05) is 18.0 Å². The Balaban J connectivity index is 0.00000162. The Morgan fingerprint density at radius 2 is 2.00 bits per heavy atom. The topological polar surface area (TPSA) is 29.3 Å². The Bertz CT molecular complexity index is 369. The molecule has 1 aromatic rings. The molecule has 1 fully saturated rings. The van der Waals surface area contributed by atoms with Gasteiger partial charge in [-0.25, -0.2) is 0 Å². The molecule has 0 amide bonds. The molecule has 1 aliphatic heterocycles. The predicted molar refractivity (Wildman–Crippen MR) is 82.5 cm³/mol. The Hall–Kier alpha value is -0.220. The Morgan fingerprint density at radius 3 is 2.50 bits per heavy atom. The van der Waals surface area contributed by atoms with Gasteiger partial charge in [0.05, 0.1) is 0 Å². The molecule has 0 aliphatic carbocycles. The fourth-order valence-corrected chi connectivity index (χ4v) is 2.82. The van der Waals surface area contributed by atoms with Crippen LogP contribution in [0.5, 0.6) is 0 Å². The normalized spacial score (nSPS) is 23.9. The van der Waals surface area contributed by atoms with E-state index in [1.807, 2.05) is 0 Å². The van der Waals surface area contributed by atoms with Crippen molar-refractivity contribution in [2.75, 3.05) is 25.9 Å². The SMILES string of the molecule is CSc1ccc(CN2CCC(C)(CN)C2)cc1.Cl. The van der Waals surface area contributed by atoms with Gasteiger partial charge in [0.2, 0.25) is 0 Å². The molecule has 2 rings (SSSR count). The van der Waals surface area contributed by atoms with E-state index in [4.69, 9.17) is 5.73 Å². The van der Waals surface area contributed by atoms with Crippen molar-refractivity contribution in [2.24, 2.45) is 11.1 Å². The molecule has 0 aromatic heterocycles. The number of nitrogens with zero attached hydrogens (tertiary/aromatic N) is 1. The van der Waals surface area contributed by atoms with E-state index in [-0.39, 0.29) is 12.4 Å². The van der Waals surface area contributed by atoms with Gasteiger partial charge in [-0.2, -0.15) is 0 Å². The first-order chi connectivity index (χ1) is 8.15. The number of hydrogen-bond acceptors (Lipinski definition) is 3. The molecule has 0 bridgehead atoms. The minimum Gasteiger partial charge on any atom is -0.330 e. The average Bonchev–Trinajstić information content (AvgIpc) is 2.73. The van der Waals surface area contributed by atoms with Crippen molar-refractivity contribution >= 4 is 24.2 Å². The molecular weight excluding hydrogens is 264 g/mol. The Labute approximate surface area is 121 Å². The molecule has 0 saturated carbocycles. The molecule has 4 heteroatoms. The van der Waals surface area contributed by atoms with Crippen molar-refractivity contribution < 1.29 is 0 Å². The lowest BCUT2D eigenvalue weighted by atomic mass is 9.90. The zero-order valence-electron chi connectivity index (χ0n) is 11.2. The lowest BCUT2D eigenvalue weighted by Gasteiger charge is -2.22. The summed E-state index contributed by atoms with van der Waals surface area (Å²) in [4.78, 5) is 3.85. The van der Waals surface area contributed by atoms with Crippen LogP contribution in [0, 0.1) is 5.41 Å². The van der Waals surface area contributed by atoms with E-state index in [9.17, 15) is 0 Å². The molecule has 1 aliphatic rings. The Morgan fingerprint density at radius 1 is 1.33 bits per heavy atom. The van der Waals surface area contributed by atoms with Gasteiger partial charge >= 0.3 is 0 Å². The van der Waals surface area contributed by atoms with Gasteiger partial charge in [-0.3, -0.25) is 4.90 Å². The van der Waals surface area contributed by atoms with Crippen LogP contribution < -0.4 is 5.73 Å². The molecule has 0 radical (unpaired) electrons. The number of benzene rings is 1. The van der Waals surface area contributed by atoms with Crippen molar-refractivity contribution in [1.29, 1.82) is 0 Å². The fraction of sp³-hybridized carbons (Fsp3) is 0.571. The maximum atomic E-state index is 5.83. The van der Waals surface area contributed by atoms with Crippen LogP contribution in [0.4, 0.5) is 0 Å². The van der Waals surface area contributed by atoms with Crippen LogP contribution in [0.2, 0.25) is 0 Å². The lowest BCUT2D eigenvalue weighted by molar-refractivity contribution is 0.274. The van der Waals surface area contributed by atoms with E-state index in [2.05, 4.69) is 42.3 Å². The fourth-order valence-electron chi connectivity index (χ4n) is 2.42. The summed E-state index contributed by atoms with van der Waals surface area (Å²) in [5, 5.41) is 0. The maximum Gasteiger partial charge on any atom is 0.0233 e. The van der Waals surface area contributed by atoms with Gasteiger partial charge in [-0.05, 0) is 48.9 Å². The van der Waals surface area contributed by atoms with E-state index < -0.39 is 0 Å². The van der Waals surface area contributed by atoms with Gasteiger partial charge in [0.1, 0.15) is 0 Å². The second kappa shape index (κ2) is 6.80. The molecule has 2 N–H and O–H groups in total.